The summed E-state index contributed by atoms with van der Waals surface area (Å²) in [5.41, 5.74) is 2.51. The van der Waals surface area contributed by atoms with Crippen LogP contribution in [-0.2, 0) is 30.3 Å². The highest BCUT2D eigenvalue weighted by molar-refractivity contribution is 6.01. The normalized spacial score (nSPS) is 14.5. The van der Waals surface area contributed by atoms with E-state index in [1.54, 1.807) is 12.1 Å². The van der Waals surface area contributed by atoms with Crippen LogP contribution in [0.25, 0.3) is 22.2 Å². The molecule has 1 heterocycles. The van der Waals surface area contributed by atoms with Crippen molar-refractivity contribution in [2.45, 2.75) is 33.3 Å². The molecular weight excluding hydrogens is 466 g/mol. The van der Waals surface area contributed by atoms with Gasteiger partial charge in [0.1, 0.15) is 28.9 Å². The Hall–Kier alpha value is -4.24. The smallest absolute Gasteiger partial charge is 0.308 e. The number of ether oxygens (including phenoxy) is 5. The van der Waals surface area contributed by atoms with Crippen LogP contribution in [0.2, 0.25) is 0 Å². The molecule has 0 fully saturated rings. The van der Waals surface area contributed by atoms with Gasteiger partial charge in [0.2, 0.25) is 0 Å². The first kappa shape index (κ1) is 24.9. The number of aromatic nitrogens is 1. The lowest BCUT2D eigenvalue weighted by Gasteiger charge is -2.28. The number of esters is 3. The molecule has 0 bridgehead atoms. The van der Waals surface area contributed by atoms with Crippen molar-refractivity contribution in [2.24, 2.45) is 0 Å². The second kappa shape index (κ2) is 10.2. The van der Waals surface area contributed by atoms with Gasteiger partial charge in [0, 0.05) is 57.1 Å². The number of hydrogen-bond acceptors (Lipinski definition) is 9. The third kappa shape index (κ3) is 4.78. The number of carbonyl (C=O) groups excluding carboxylic acids is 3. The highest BCUT2D eigenvalue weighted by Crippen LogP contribution is 2.50. The SMILES string of the molecule is COc1cc(-c2ccccc2)nc2c(OC(C)=O)c3c(c(OC(C)=O)c12)CC(OC(C)=O)=CC3OC. The van der Waals surface area contributed by atoms with Gasteiger partial charge >= 0.3 is 17.9 Å². The number of benzene rings is 2. The number of fused-ring (bicyclic) bond motifs is 2. The Morgan fingerprint density at radius 2 is 1.53 bits per heavy atom. The molecule has 0 saturated carbocycles. The zero-order valence-electron chi connectivity index (χ0n) is 20.5. The number of nitrogens with zero attached hydrogens (tertiary/aromatic N) is 1. The first-order valence-corrected chi connectivity index (χ1v) is 11.1. The topological polar surface area (TPSA) is 110 Å². The summed E-state index contributed by atoms with van der Waals surface area (Å²) in [5, 5.41) is 0.335. The summed E-state index contributed by atoms with van der Waals surface area (Å²) >= 11 is 0. The predicted molar refractivity (Wildman–Crippen MR) is 130 cm³/mol. The number of hydrogen-bond donors (Lipinski definition) is 0. The summed E-state index contributed by atoms with van der Waals surface area (Å²) < 4.78 is 28.1. The summed E-state index contributed by atoms with van der Waals surface area (Å²) in [5.74, 6) is -0.710. The van der Waals surface area contributed by atoms with Crippen LogP contribution in [0.4, 0.5) is 0 Å². The van der Waals surface area contributed by atoms with Crippen LogP contribution < -0.4 is 14.2 Å². The largest absolute Gasteiger partial charge is 0.496 e. The van der Waals surface area contributed by atoms with Gasteiger partial charge in [-0.25, -0.2) is 4.98 Å². The maximum absolute atomic E-state index is 12.2. The lowest BCUT2D eigenvalue weighted by atomic mass is 9.88. The van der Waals surface area contributed by atoms with Gasteiger partial charge in [-0.05, 0) is 6.08 Å². The highest BCUT2D eigenvalue weighted by Gasteiger charge is 2.34. The van der Waals surface area contributed by atoms with Gasteiger partial charge in [-0.1, -0.05) is 30.3 Å². The average Bonchev–Trinajstić information content (AvgIpc) is 2.84. The molecule has 186 valence electrons. The summed E-state index contributed by atoms with van der Waals surface area (Å²) in [6.07, 6.45) is 0.896. The van der Waals surface area contributed by atoms with Crippen molar-refractivity contribution in [3.8, 4) is 28.5 Å². The van der Waals surface area contributed by atoms with Gasteiger partial charge in [0.05, 0.1) is 18.2 Å². The van der Waals surface area contributed by atoms with E-state index in [1.165, 1.54) is 35.0 Å². The van der Waals surface area contributed by atoms with E-state index in [9.17, 15) is 14.4 Å². The fourth-order valence-electron chi connectivity index (χ4n) is 4.27. The van der Waals surface area contributed by atoms with E-state index >= 15 is 0 Å². The number of pyridine rings is 1. The average molecular weight is 491 g/mol. The van der Waals surface area contributed by atoms with Crippen molar-refractivity contribution >= 4 is 28.8 Å². The fraction of sp³-hybridized carbons (Fsp3) is 0.259. The first-order valence-electron chi connectivity index (χ1n) is 11.1. The molecular formula is C27H25NO8. The Bertz CT molecular complexity index is 1390. The molecule has 0 saturated heterocycles. The van der Waals surface area contributed by atoms with Crippen molar-refractivity contribution in [2.75, 3.05) is 14.2 Å². The standard InChI is InChI=1S/C27H25NO8/c1-14(29)34-18-11-19-23(21(12-18)32-4)27(36-16(3)31)25-24(26(19)35-15(2)30)22(33-5)13-20(28-25)17-9-7-6-8-10-17/h6-10,12-13,21H,11H2,1-5H3. The van der Waals surface area contributed by atoms with Gasteiger partial charge < -0.3 is 23.7 Å². The van der Waals surface area contributed by atoms with E-state index in [2.05, 4.69) is 0 Å². The third-order valence-corrected chi connectivity index (χ3v) is 5.55. The van der Waals surface area contributed by atoms with Crippen LogP contribution in [0.3, 0.4) is 0 Å². The molecule has 0 N–H and O–H groups in total. The molecule has 0 amide bonds. The molecule has 0 spiro atoms. The van der Waals surface area contributed by atoms with Crippen molar-refractivity contribution in [3.63, 3.8) is 0 Å². The van der Waals surface area contributed by atoms with E-state index < -0.39 is 24.0 Å². The minimum Gasteiger partial charge on any atom is -0.496 e. The van der Waals surface area contributed by atoms with E-state index in [0.29, 0.717) is 33.7 Å². The molecule has 9 heteroatoms. The molecule has 1 atom stereocenters. The van der Waals surface area contributed by atoms with E-state index in [-0.39, 0.29) is 23.4 Å². The van der Waals surface area contributed by atoms with Gasteiger partial charge in [-0.15, -0.1) is 0 Å². The summed E-state index contributed by atoms with van der Waals surface area (Å²) in [6, 6.07) is 11.1. The van der Waals surface area contributed by atoms with Gasteiger partial charge in [-0.3, -0.25) is 14.4 Å². The van der Waals surface area contributed by atoms with E-state index in [4.69, 9.17) is 28.7 Å². The van der Waals surface area contributed by atoms with Gasteiger partial charge in [0.25, 0.3) is 0 Å². The first-order chi connectivity index (χ1) is 17.2. The Morgan fingerprint density at radius 1 is 0.889 bits per heavy atom. The van der Waals surface area contributed by atoms with Crippen LogP contribution >= 0.6 is 0 Å². The maximum atomic E-state index is 12.2. The van der Waals surface area contributed by atoms with E-state index in [0.717, 1.165) is 5.56 Å². The molecule has 1 aliphatic rings. The fourth-order valence-corrected chi connectivity index (χ4v) is 4.27. The van der Waals surface area contributed by atoms with Crippen LogP contribution in [0.1, 0.15) is 38.0 Å². The number of rotatable bonds is 6. The molecule has 36 heavy (non-hydrogen) atoms. The van der Waals surface area contributed by atoms with Crippen molar-refractivity contribution < 1.29 is 38.1 Å². The van der Waals surface area contributed by atoms with Crippen molar-refractivity contribution in [1.29, 1.82) is 0 Å². The van der Waals surface area contributed by atoms with Crippen LogP contribution in [0, 0.1) is 0 Å². The summed E-state index contributed by atoms with van der Waals surface area (Å²) in [7, 11) is 2.94. The van der Waals surface area contributed by atoms with Gasteiger partial charge in [-0.2, -0.15) is 0 Å². The molecule has 0 radical (unpaired) electrons. The van der Waals surface area contributed by atoms with Crippen LogP contribution in [0.15, 0.2) is 48.2 Å². The lowest BCUT2D eigenvalue weighted by Crippen LogP contribution is -2.19. The summed E-state index contributed by atoms with van der Waals surface area (Å²) in [6.45, 7) is 3.84. The minimum atomic E-state index is -0.788. The molecule has 4 rings (SSSR count). The Kier molecular flexibility index (Phi) is 7.03. The minimum absolute atomic E-state index is 0.0746. The second-order valence-electron chi connectivity index (χ2n) is 8.10. The lowest BCUT2D eigenvalue weighted by molar-refractivity contribution is -0.137. The molecule has 0 aliphatic heterocycles. The van der Waals surface area contributed by atoms with Crippen molar-refractivity contribution in [1.82, 2.24) is 4.98 Å². The molecule has 9 nitrogen and oxygen atoms in total. The predicted octanol–water partition coefficient (Wildman–Crippen LogP) is 4.45. The highest BCUT2D eigenvalue weighted by atomic mass is 16.6. The quantitative estimate of drug-likeness (QED) is 0.365. The molecule has 1 aliphatic carbocycles. The number of allylic oxidation sites excluding steroid dienone is 1. The monoisotopic (exact) mass is 491 g/mol. The molecule has 1 aromatic heterocycles. The van der Waals surface area contributed by atoms with Crippen LogP contribution in [0.5, 0.6) is 17.2 Å². The molecule has 1 unspecified atom stereocenters. The zero-order valence-corrected chi connectivity index (χ0v) is 20.5. The molecule has 3 aromatic rings. The second-order valence-corrected chi connectivity index (χ2v) is 8.10. The van der Waals surface area contributed by atoms with Crippen LogP contribution in [-0.4, -0.2) is 37.1 Å². The Balaban J connectivity index is 2.15. The third-order valence-electron chi connectivity index (χ3n) is 5.55. The zero-order chi connectivity index (χ0) is 26.0. The Labute approximate surface area is 207 Å². The Morgan fingerprint density at radius 3 is 2.11 bits per heavy atom. The molecule has 2 aromatic carbocycles. The van der Waals surface area contributed by atoms with Gasteiger partial charge in [0.15, 0.2) is 5.75 Å². The number of methoxy groups -OCH3 is 2. The van der Waals surface area contributed by atoms with Crippen molar-refractivity contribution in [3.05, 3.63) is 59.4 Å². The summed E-state index contributed by atoms with van der Waals surface area (Å²) in [4.78, 5) is 40.9. The van der Waals surface area contributed by atoms with E-state index in [1.807, 2.05) is 30.3 Å². The number of carbonyl (C=O) groups is 3. The maximum Gasteiger partial charge on any atom is 0.308 e.